The summed E-state index contributed by atoms with van der Waals surface area (Å²) in [5, 5.41) is 6.12. The van der Waals surface area contributed by atoms with E-state index < -0.39 is 0 Å². The molecule has 1 aromatic heterocycles. The van der Waals surface area contributed by atoms with E-state index in [4.69, 9.17) is 0 Å². The van der Waals surface area contributed by atoms with Crippen LogP contribution in [0.25, 0.3) is 0 Å². The first-order valence-corrected chi connectivity index (χ1v) is 8.21. The molecule has 0 aliphatic heterocycles. The Labute approximate surface area is 139 Å². The third kappa shape index (κ3) is 4.56. The standard InChI is InChI=1S/C17H20BrN3O/c1-3-12(4-2)17(22)21-15-9-10-16(19-11-15)20-14-7-5-13(18)6-8-14/h5-12H,3-4H2,1-2H3,(H,19,20)(H,21,22). The average molecular weight is 362 g/mol. The zero-order valence-corrected chi connectivity index (χ0v) is 14.4. The van der Waals surface area contributed by atoms with E-state index in [-0.39, 0.29) is 11.8 Å². The molecule has 2 rings (SSSR count). The summed E-state index contributed by atoms with van der Waals surface area (Å²) in [6, 6.07) is 11.6. The molecule has 0 atom stereocenters. The second-order valence-corrected chi connectivity index (χ2v) is 5.98. The molecule has 0 saturated heterocycles. The van der Waals surface area contributed by atoms with Crippen LogP contribution in [-0.4, -0.2) is 10.9 Å². The molecule has 22 heavy (non-hydrogen) atoms. The van der Waals surface area contributed by atoms with Crippen LogP contribution in [-0.2, 0) is 4.79 Å². The van der Waals surface area contributed by atoms with Crippen LogP contribution >= 0.6 is 15.9 Å². The summed E-state index contributed by atoms with van der Waals surface area (Å²) in [6.07, 6.45) is 3.36. The summed E-state index contributed by atoms with van der Waals surface area (Å²) in [7, 11) is 0. The fraction of sp³-hybridized carbons (Fsp3) is 0.294. The number of benzene rings is 1. The zero-order chi connectivity index (χ0) is 15.9. The Morgan fingerprint density at radius 1 is 1.09 bits per heavy atom. The largest absolute Gasteiger partial charge is 0.340 e. The molecule has 2 aromatic rings. The van der Waals surface area contributed by atoms with Crippen molar-refractivity contribution in [2.75, 3.05) is 10.6 Å². The summed E-state index contributed by atoms with van der Waals surface area (Å²) in [5.41, 5.74) is 1.68. The number of aromatic nitrogens is 1. The molecule has 1 aromatic carbocycles. The van der Waals surface area contributed by atoms with Crippen LogP contribution in [0, 0.1) is 5.92 Å². The van der Waals surface area contributed by atoms with E-state index in [0.717, 1.165) is 34.5 Å². The topological polar surface area (TPSA) is 54.0 Å². The van der Waals surface area contributed by atoms with Crippen molar-refractivity contribution in [2.45, 2.75) is 26.7 Å². The summed E-state index contributed by atoms with van der Waals surface area (Å²) >= 11 is 3.40. The molecule has 0 radical (unpaired) electrons. The van der Waals surface area contributed by atoms with Crippen LogP contribution in [0.5, 0.6) is 0 Å². The number of carbonyl (C=O) groups is 1. The molecule has 2 N–H and O–H groups in total. The number of pyridine rings is 1. The van der Waals surface area contributed by atoms with E-state index in [0.29, 0.717) is 0 Å². The third-order valence-corrected chi connectivity index (χ3v) is 4.03. The maximum atomic E-state index is 12.0. The van der Waals surface area contributed by atoms with E-state index in [9.17, 15) is 4.79 Å². The quantitative estimate of drug-likeness (QED) is 0.764. The van der Waals surface area contributed by atoms with Gasteiger partial charge >= 0.3 is 0 Å². The maximum Gasteiger partial charge on any atom is 0.227 e. The van der Waals surface area contributed by atoms with Crippen molar-refractivity contribution in [3.05, 3.63) is 47.1 Å². The highest BCUT2D eigenvalue weighted by Gasteiger charge is 2.14. The number of anilines is 3. The predicted octanol–water partition coefficient (Wildman–Crippen LogP) is 4.96. The van der Waals surface area contributed by atoms with Crippen molar-refractivity contribution in [1.29, 1.82) is 0 Å². The predicted molar refractivity (Wildman–Crippen MR) is 94.4 cm³/mol. The lowest BCUT2D eigenvalue weighted by Gasteiger charge is -2.13. The Morgan fingerprint density at radius 3 is 2.27 bits per heavy atom. The first kappa shape index (κ1) is 16.5. The SMILES string of the molecule is CCC(CC)C(=O)Nc1ccc(Nc2ccc(Br)cc2)nc1. The minimum Gasteiger partial charge on any atom is -0.340 e. The number of rotatable bonds is 6. The second kappa shape index (κ2) is 7.94. The third-order valence-electron chi connectivity index (χ3n) is 3.50. The number of hydrogen-bond donors (Lipinski definition) is 2. The molecular weight excluding hydrogens is 342 g/mol. The molecule has 0 aliphatic carbocycles. The summed E-state index contributed by atoms with van der Waals surface area (Å²) in [4.78, 5) is 16.3. The zero-order valence-electron chi connectivity index (χ0n) is 12.8. The van der Waals surface area contributed by atoms with Crippen molar-refractivity contribution in [3.63, 3.8) is 0 Å². The molecule has 0 bridgehead atoms. The lowest BCUT2D eigenvalue weighted by molar-refractivity contribution is -0.120. The lowest BCUT2D eigenvalue weighted by Crippen LogP contribution is -2.21. The number of halogens is 1. The van der Waals surface area contributed by atoms with Gasteiger partial charge in [0.25, 0.3) is 0 Å². The number of nitrogens with zero attached hydrogens (tertiary/aromatic N) is 1. The molecule has 0 aliphatic rings. The Hall–Kier alpha value is -1.88. The van der Waals surface area contributed by atoms with Gasteiger partial charge < -0.3 is 10.6 Å². The van der Waals surface area contributed by atoms with Gasteiger partial charge in [-0.25, -0.2) is 4.98 Å². The maximum absolute atomic E-state index is 12.0. The second-order valence-electron chi connectivity index (χ2n) is 5.07. The number of amides is 1. The van der Waals surface area contributed by atoms with E-state index in [2.05, 4.69) is 31.5 Å². The molecule has 1 heterocycles. The Balaban J connectivity index is 1.98. The molecule has 0 saturated carbocycles. The number of hydrogen-bond acceptors (Lipinski definition) is 3. The smallest absolute Gasteiger partial charge is 0.227 e. The van der Waals surface area contributed by atoms with E-state index >= 15 is 0 Å². The van der Waals surface area contributed by atoms with Gasteiger partial charge in [0.1, 0.15) is 5.82 Å². The van der Waals surface area contributed by atoms with Gasteiger partial charge in [0.15, 0.2) is 0 Å². The summed E-state index contributed by atoms with van der Waals surface area (Å²) in [5.74, 6) is 0.851. The molecule has 0 fully saturated rings. The van der Waals surface area contributed by atoms with E-state index in [1.54, 1.807) is 6.20 Å². The van der Waals surface area contributed by atoms with Gasteiger partial charge in [0.05, 0.1) is 11.9 Å². The fourth-order valence-corrected chi connectivity index (χ4v) is 2.39. The minimum atomic E-state index is 0.0559. The molecule has 116 valence electrons. The van der Waals surface area contributed by atoms with Gasteiger partial charge in [-0.15, -0.1) is 0 Å². The van der Waals surface area contributed by atoms with Gasteiger partial charge in [-0.2, -0.15) is 0 Å². The highest BCUT2D eigenvalue weighted by atomic mass is 79.9. The normalized spacial score (nSPS) is 10.5. The molecule has 0 unspecified atom stereocenters. The molecule has 4 nitrogen and oxygen atoms in total. The molecule has 5 heteroatoms. The fourth-order valence-electron chi connectivity index (χ4n) is 2.13. The Kier molecular flexibility index (Phi) is 5.95. The Morgan fingerprint density at radius 2 is 1.73 bits per heavy atom. The van der Waals surface area contributed by atoms with E-state index in [1.807, 2.05) is 50.2 Å². The van der Waals surface area contributed by atoms with Crippen LogP contribution in [0.1, 0.15) is 26.7 Å². The first-order chi connectivity index (χ1) is 10.6. The summed E-state index contributed by atoms with van der Waals surface area (Å²) in [6.45, 7) is 4.05. The van der Waals surface area contributed by atoms with Crippen LogP contribution in [0.3, 0.4) is 0 Å². The van der Waals surface area contributed by atoms with Gasteiger partial charge in [0, 0.05) is 16.1 Å². The van der Waals surface area contributed by atoms with Crippen LogP contribution < -0.4 is 10.6 Å². The highest BCUT2D eigenvalue weighted by Crippen LogP contribution is 2.19. The summed E-state index contributed by atoms with van der Waals surface area (Å²) < 4.78 is 1.03. The monoisotopic (exact) mass is 361 g/mol. The van der Waals surface area contributed by atoms with Crippen LogP contribution in [0.4, 0.5) is 17.2 Å². The minimum absolute atomic E-state index is 0.0559. The van der Waals surface area contributed by atoms with Crippen LogP contribution in [0.15, 0.2) is 47.1 Å². The highest BCUT2D eigenvalue weighted by molar-refractivity contribution is 9.10. The lowest BCUT2D eigenvalue weighted by atomic mass is 10.0. The number of nitrogens with one attached hydrogen (secondary N) is 2. The van der Waals surface area contributed by atoms with Crippen molar-refractivity contribution in [2.24, 2.45) is 5.92 Å². The van der Waals surface area contributed by atoms with Gasteiger partial charge in [-0.05, 0) is 49.2 Å². The first-order valence-electron chi connectivity index (χ1n) is 7.42. The average Bonchev–Trinajstić information content (AvgIpc) is 2.53. The van der Waals surface area contributed by atoms with Crippen molar-refractivity contribution >= 4 is 39.0 Å². The molecule has 0 spiro atoms. The van der Waals surface area contributed by atoms with Gasteiger partial charge in [-0.3, -0.25) is 4.79 Å². The molecule has 1 amide bonds. The van der Waals surface area contributed by atoms with Gasteiger partial charge in [-0.1, -0.05) is 29.8 Å². The van der Waals surface area contributed by atoms with E-state index in [1.165, 1.54) is 0 Å². The van der Waals surface area contributed by atoms with Gasteiger partial charge in [0.2, 0.25) is 5.91 Å². The van der Waals surface area contributed by atoms with Crippen molar-refractivity contribution in [3.8, 4) is 0 Å². The molecular formula is C17H20BrN3O. The van der Waals surface area contributed by atoms with Crippen LogP contribution in [0.2, 0.25) is 0 Å². The number of carbonyl (C=O) groups excluding carboxylic acids is 1. The van der Waals surface area contributed by atoms with Crippen molar-refractivity contribution in [1.82, 2.24) is 4.98 Å². The van der Waals surface area contributed by atoms with Crippen molar-refractivity contribution < 1.29 is 4.79 Å². The Bertz CT molecular complexity index is 607.